The number of rotatable bonds is 4. The van der Waals surface area contributed by atoms with Gasteiger partial charge in [0.15, 0.2) is 0 Å². The smallest absolute Gasteiger partial charge is 0.292 e. The predicted molar refractivity (Wildman–Crippen MR) is 76.5 cm³/mol. The van der Waals surface area contributed by atoms with E-state index in [0.717, 1.165) is 30.8 Å². The van der Waals surface area contributed by atoms with Crippen molar-refractivity contribution in [2.75, 3.05) is 25.5 Å². The van der Waals surface area contributed by atoms with E-state index in [4.69, 9.17) is 0 Å². The second kappa shape index (κ2) is 6.02. The summed E-state index contributed by atoms with van der Waals surface area (Å²) >= 11 is 0. The van der Waals surface area contributed by atoms with Crippen molar-refractivity contribution in [1.29, 1.82) is 0 Å². The first-order valence-corrected chi connectivity index (χ1v) is 6.80. The standard InChI is InChI=1S/C14H21N3O2/c1-11-6-7-13(17(18)19)14(15-2)12(11)10-16-8-4-3-5-9-16/h6-7,15H,3-5,8-10H2,1-2H3. The van der Waals surface area contributed by atoms with Crippen LogP contribution in [0.25, 0.3) is 0 Å². The van der Waals surface area contributed by atoms with E-state index in [-0.39, 0.29) is 10.6 Å². The summed E-state index contributed by atoms with van der Waals surface area (Å²) in [5.74, 6) is 0. The molecule has 0 atom stereocenters. The van der Waals surface area contributed by atoms with E-state index in [1.165, 1.54) is 19.3 Å². The Kier molecular flexibility index (Phi) is 4.37. The summed E-state index contributed by atoms with van der Waals surface area (Å²) in [7, 11) is 1.75. The maximum Gasteiger partial charge on any atom is 0.292 e. The van der Waals surface area contributed by atoms with E-state index in [1.807, 2.05) is 13.0 Å². The van der Waals surface area contributed by atoms with Gasteiger partial charge >= 0.3 is 0 Å². The molecule has 2 rings (SSSR count). The highest BCUT2D eigenvalue weighted by molar-refractivity contribution is 5.68. The quantitative estimate of drug-likeness (QED) is 0.670. The van der Waals surface area contributed by atoms with Crippen molar-refractivity contribution in [3.05, 3.63) is 33.4 Å². The number of nitrogens with one attached hydrogen (secondary N) is 1. The first kappa shape index (κ1) is 13.8. The molecular formula is C14H21N3O2. The molecule has 1 aliphatic rings. The zero-order chi connectivity index (χ0) is 13.8. The van der Waals surface area contributed by atoms with Gasteiger partial charge in [-0.05, 0) is 44.0 Å². The van der Waals surface area contributed by atoms with E-state index in [9.17, 15) is 10.1 Å². The summed E-state index contributed by atoms with van der Waals surface area (Å²) in [5.41, 5.74) is 3.00. The van der Waals surface area contributed by atoms with Crippen LogP contribution in [0.4, 0.5) is 11.4 Å². The molecule has 19 heavy (non-hydrogen) atoms. The Bertz CT molecular complexity index is 468. The maximum absolute atomic E-state index is 11.1. The summed E-state index contributed by atoms with van der Waals surface area (Å²) in [6.07, 6.45) is 3.75. The Morgan fingerprint density at radius 2 is 2.00 bits per heavy atom. The van der Waals surface area contributed by atoms with E-state index in [2.05, 4.69) is 10.2 Å². The molecule has 1 N–H and O–H groups in total. The van der Waals surface area contributed by atoms with Crippen molar-refractivity contribution in [3.8, 4) is 0 Å². The molecular weight excluding hydrogens is 242 g/mol. The number of hydrogen-bond acceptors (Lipinski definition) is 4. The molecule has 104 valence electrons. The number of piperidine rings is 1. The van der Waals surface area contributed by atoms with E-state index in [1.54, 1.807) is 13.1 Å². The van der Waals surface area contributed by atoms with Gasteiger partial charge in [-0.15, -0.1) is 0 Å². The molecule has 5 heteroatoms. The van der Waals surface area contributed by atoms with Gasteiger partial charge in [-0.1, -0.05) is 12.5 Å². The maximum atomic E-state index is 11.1. The highest BCUT2D eigenvalue weighted by atomic mass is 16.6. The summed E-state index contributed by atoms with van der Waals surface area (Å²) < 4.78 is 0. The van der Waals surface area contributed by atoms with Gasteiger partial charge in [-0.2, -0.15) is 0 Å². The van der Waals surface area contributed by atoms with Crippen LogP contribution in [0.3, 0.4) is 0 Å². The monoisotopic (exact) mass is 263 g/mol. The molecule has 0 amide bonds. The van der Waals surface area contributed by atoms with Gasteiger partial charge in [-0.3, -0.25) is 15.0 Å². The second-order valence-corrected chi connectivity index (χ2v) is 5.10. The van der Waals surface area contributed by atoms with Crippen molar-refractivity contribution in [3.63, 3.8) is 0 Å². The van der Waals surface area contributed by atoms with Crippen molar-refractivity contribution in [1.82, 2.24) is 4.90 Å². The third-order valence-corrected chi connectivity index (χ3v) is 3.80. The number of hydrogen-bond donors (Lipinski definition) is 1. The molecule has 1 aliphatic heterocycles. The highest BCUT2D eigenvalue weighted by Gasteiger charge is 2.20. The molecule has 5 nitrogen and oxygen atoms in total. The third-order valence-electron chi connectivity index (χ3n) is 3.80. The normalized spacial score (nSPS) is 16.3. The Labute approximate surface area is 113 Å². The number of likely N-dealkylation sites (tertiary alicyclic amines) is 1. The fourth-order valence-electron chi connectivity index (χ4n) is 2.72. The summed E-state index contributed by atoms with van der Waals surface area (Å²) in [5, 5.41) is 14.1. The third kappa shape index (κ3) is 3.04. The van der Waals surface area contributed by atoms with Crippen LogP contribution in [-0.2, 0) is 6.54 Å². The van der Waals surface area contributed by atoms with Gasteiger partial charge in [0.1, 0.15) is 5.69 Å². The zero-order valence-corrected chi connectivity index (χ0v) is 11.6. The van der Waals surface area contributed by atoms with E-state index in [0.29, 0.717) is 5.69 Å². The largest absolute Gasteiger partial charge is 0.382 e. The lowest BCUT2D eigenvalue weighted by Gasteiger charge is -2.27. The first-order valence-electron chi connectivity index (χ1n) is 6.80. The van der Waals surface area contributed by atoms with Crippen LogP contribution in [-0.4, -0.2) is 30.0 Å². The van der Waals surface area contributed by atoms with Crippen LogP contribution in [0, 0.1) is 17.0 Å². The molecule has 1 saturated heterocycles. The predicted octanol–water partition coefficient (Wildman–Crippen LogP) is 2.93. The Morgan fingerprint density at radius 1 is 1.32 bits per heavy atom. The highest BCUT2D eigenvalue weighted by Crippen LogP contribution is 2.31. The van der Waals surface area contributed by atoms with Crippen molar-refractivity contribution >= 4 is 11.4 Å². The number of nitro benzene ring substituents is 1. The lowest BCUT2D eigenvalue weighted by atomic mass is 10.0. The first-order chi connectivity index (χ1) is 9.13. The molecule has 0 aromatic heterocycles. The van der Waals surface area contributed by atoms with Gasteiger partial charge in [0.05, 0.1) is 4.92 Å². The number of anilines is 1. The summed E-state index contributed by atoms with van der Waals surface area (Å²) in [6, 6.07) is 3.43. The molecule has 1 aromatic carbocycles. The average Bonchev–Trinajstić information content (AvgIpc) is 2.41. The Morgan fingerprint density at radius 3 is 2.58 bits per heavy atom. The van der Waals surface area contributed by atoms with Crippen molar-refractivity contribution < 1.29 is 4.92 Å². The van der Waals surface area contributed by atoms with E-state index >= 15 is 0 Å². The average molecular weight is 263 g/mol. The Hall–Kier alpha value is -1.62. The molecule has 0 unspecified atom stereocenters. The molecule has 0 saturated carbocycles. The number of aryl methyl sites for hydroxylation is 1. The minimum Gasteiger partial charge on any atom is -0.382 e. The van der Waals surface area contributed by atoms with Crippen LogP contribution < -0.4 is 5.32 Å². The van der Waals surface area contributed by atoms with Crippen LogP contribution in [0.5, 0.6) is 0 Å². The van der Waals surface area contributed by atoms with Gasteiger partial charge in [0, 0.05) is 19.7 Å². The van der Waals surface area contributed by atoms with Gasteiger partial charge in [-0.25, -0.2) is 0 Å². The molecule has 0 spiro atoms. The summed E-state index contributed by atoms with van der Waals surface area (Å²) in [4.78, 5) is 13.2. The number of nitro groups is 1. The minimum absolute atomic E-state index is 0.167. The molecule has 0 aliphatic carbocycles. The van der Waals surface area contributed by atoms with Crippen LogP contribution in [0.15, 0.2) is 12.1 Å². The molecule has 1 aromatic rings. The van der Waals surface area contributed by atoms with Gasteiger partial charge in [0.25, 0.3) is 5.69 Å². The summed E-state index contributed by atoms with van der Waals surface area (Å²) in [6.45, 7) is 4.99. The second-order valence-electron chi connectivity index (χ2n) is 5.10. The van der Waals surface area contributed by atoms with Crippen molar-refractivity contribution in [2.45, 2.75) is 32.7 Å². The topological polar surface area (TPSA) is 58.4 Å². The number of nitrogens with zero attached hydrogens (tertiary/aromatic N) is 2. The van der Waals surface area contributed by atoms with Crippen LogP contribution >= 0.6 is 0 Å². The molecule has 1 fully saturated rings. The van der Waals surface area contributed by atoms with Gasteiger partial charge in [0.2, 0.25) is 0 Å². The SMILES string of the molecule is CNc1c([N+](=O)[O-])ccc(C)c1CN1CCCCC1. The molecule has 0 bridgehead atoms. The van der Waals surface area contributed by atoms with Gasteiger partial charge < -0.3 is 5.32 Å². The fraction of sp³-hybridized carbons (Fsp3) is 0.571. The van der Waals surface area contributed by atoms with Crippen LogP contribution in [0.2, 0.25) is 0 Å². The molecule has 0 radical (unpaired) electrons. The fourth-order valence-corrected chi connectivity index (χ4v) is 2.72. The van der Waals surface area contributed by atoms with Crippen molar-refractivity contribution in [2.24, 2.45) is 0 Å². The zero-order valence-electron chi connectivity index (χ0n) is 11.6. The lowest BCUT2D eigenvalue weighted by Crippen LogP contribution is -2.29. The number of benzene rings is 1. The van der Waals surface area contributed by atoms with E-state index < -0.39 is 0 Å². The Balaban J connectivity index is 2.31. The lowest BCUT2D eigenvalue weighted by molar-refractivity contribution is -0.384. The van der Waals surface area contributed by atoms with Crippen LogP contribution in [0.1, 0.15) is 30.4 Å². The molecule has 1 heterocycles. The minimum atomic E-state index is -0.315.